The van der Waals surface area contributed by atoms with Crippen LogP contribution in [0.25, 0.3) is 22.7 Å². The first-order valence-electron chi connectivity index (χ1n) is 13.1. The van der Waals surface area contributed by atoms with E-state index < -0.39 is 5.60 Å². The van der Waals surface area contributed by atoms with Gasteiger partial charge in [-0.3, -0.25) is 4.90 Å². The summed E-state index contributed by atoms with van der Waals surface area (Å²) >= 11 is 0. The summed E-state index contributed by atoms with van der Waals surface area (Å²) in [6.07, 6.45) is 2.31. The second-order valence-electron chi connectivity index (χ2n) is 10.6. The Morgan fingerprint density at radius 2 is 1.87 bits per heavy atom. The van der Waals surface area contributed by atoms with Crippen LogP contribution < -0.4 is 4.74 Å². The summed E-state index contributed by atoms with van der Waals surface area (Å²) in [6, 6.07) is 11.4. The number of furan rings is 1. The van der Waals surface area contributed by atoms with Crippen LogP contribution in [0.15, 0.2) is 51.0 Å². The molecule has 9 heteroatoms. The zero-order valence-corrected chi connectivity index (χ0v) is 22.4. The summed E-state index contributed by atoms with van der Waals surface area (Å²) in [5.74, 6) is 1.12. The Bertz CT molecular complexity index is 1390. The minimum Gasteiger partial charge on any atom is -0.504 e. The molecule has 3 heterocycles. The number of nitrogens with zero attached hydrogens (tertiary/aromatic N) is 4. The van der Waals surface area contributed by atoms with E-state index in [1.54, 1.807) is 11.0 Å². The predicted octanol–water partition coefficient (Wildman–Crippen LogP) is 6.58. The number of hydrogen-bond acceptors (Lipinski definition) is 8. The molecule has 0 saturated carbocycles. The van der Waals surface area contributed by atoms with Crippen LogP contribution in [0.5, 0.6) is 11.5 Å². The molecule has 0 aliphatic carbocycles. The molecule has 2 aliphatic heterocycles. The summed E-state index contributed by atoms with van der Waals surface area (Å²) in [6.45, 7) is 11.3. The fraction of sp³-hybridized carbons (Fsp3) is 0.414. The molecule has 38 heavy (non-hydrogen) atoms. The lowest BCUT2D eigenvalue weighted by atomic mass is 10.1. The summed E-state index contributed by atoms with van der Waals surface area (Å²) in [4.78, 5) is 16.5. The van der Waals surface area contributed by atoms with Crippen molar-refractivity contribution in [2.24, 2.45) is 10.2 Å². The van der Waals surface area contributed by atoms with Gasteiger partial charge in [0.2, 0.25) is 0 Å². The number of hydrogen-bond donors (Lipinski definition) is 1. The second kappa shape index (κ2) is 10.5. The molecule has 1 aromatic heterocycles. The maximum atomic E-state index is 12.5. The van der Waals surface area contributed by atoms with Gasteiger partial charge in [-0.25, -0.2) is 4.79 Å². The highest BCUT2D eigenvalue weighted by atomic mass is 16.6. The molecule has 0 radical (unpaired) electrons. The van der Waals surface area contributed by atoms with Crippen molar-refractivity contribution in [1.82, 2.24) is 9.80 Å². The van der Waals surface area contributed by atoms with Gasteiger partial charge in [0.05, 0.1) is 28.9 Å². The van der Waals surface area contributed by atoms with Crippen LogP contribution in [0.3, 0.4) is 0 Å². The van der Waals surface area contributed by atoms with Gasteiger partial charge in [0.25, 0.3) is 0 Å². The van der Waals surface area contributed by atoms with E-state index in [-0.39, 0.29) is 11.8 Å². The number of azo groups is 1. The Balaban J connectivity index is 1.41. The molecule has 0 unspecified atom stereocenters. The Morgan fingerprint density at radius 1 is 1.11 bits per heavy atom. The standard InChI is InChI=1S/C29H34N4O5/c1-5-16-36-24-11-10-20-26(34)25(17-23-19-8-6-7-9-22(19)30-31-23)37-27(20)21(24)18-32-12-14-33(15-13-32)28(35)38-29(2,3)4/h6-11,17,34H,5,12-16,18H2,1-4H3. The SMILES string of the molecule is CCCOc1ccc2c(O)c(C=C3N=Nc4ccccc43)oc2c1CN1CCN(C(=O)OC(C)(C)C)CC1. The molecular formula is C29H34N4O5. The van der Waals surface area contributed by atoms with Crippen LogP contribution in [0, 0.1) is 0 Å². The summed E-state index contributed by atoms with van der Waals surface area (Å²) < 4.78 is 17.9. The van der Waals surface area contributed by atoms with Crippen molar-refractivity contribution in [3.63, 3.8) is 0 Å². The minimum atomic E-state index is -0.522. The molecule has 9 nitrogen and oxygen atoms in total. The first kappa shape index (κ1) is 25.8. The zero-order chi connectivity index (χ0) is 26.9. The lowest BCUT2D eigenvalue weighted by Crippen LogP contribution is -2.49. The molecule has 1 amide bonds. The topological polar surface area (TPSA) is 100 Å². The molecule has 2 aliphatic rings. The molecule has 0 spiro atoms. The third-order valence-electron chi connectivity index (χ3n) is 6.50. The summed E-state index contributed by atoms with van der Waals surface area (Å²) in [7, 11) is 0. The number of carbonyl (C=O) groups excluding carboxylic acids is 1. The summed E-state index contributed by atoms with van der Waals surface area (Å²) in [5, 5.41) is 20.2. The quantitative estimate of drug-likeness (QED) is 0.396. The Kier molecular flexibility index (Phi) is 7.12. The molecule has 0 atom stereocenters. The fourth-order valence-corrected chi connectivity index (χ4v) is 4.61. The molecule has 0 bridgehead atoms. The van der Waals surface area contributed by atoms with Gasteiger partial charge >= 0.3 is 6.09 Å². The number of benzene rings is 2. The molecule has 2 aromatic carbocycles. The number of carbonyl (C=O) groups is 1. The number of piperazine rings is 1. The molecule has 1 saturated heterocycles. The first-order chi connectivity index (χ1) is 18.2. The van der Waals surface area contributed by atoms with Gasteiger partial charge < -0.3 is 23.9 Å². The number of amides is 1. The van der Waals surface area contributed by atoms with Crippen molar-refractivity contribution in [3.05, 3.63) is 53.3 Å². The third-order valence-corrected chi connectivity index (χ3v) is 6.50. The highest BCUT2D eigenvalue weighted by Crippen LogP contribution is 2.42. The number of fused-ring (bicyclic) bond motifs is 2. The van der Waals surface area contributed by atoms with Crippen LogP contribution in [-0.4, -0.2) is 59.4 Å². The van der Waals surface area contributed by atoms with E-state index in [2.05, 4.69) is 22.1 Å². The van der Waals surface area contributed by atoms with E-state index in [0.29, 0.717) is 61.8 Å². The number of ether oxygens (including phenoxy) is 2. The van der Waals surface area contributed by atoms with Gasteiger partial charge in [0.1, 0.15) is 16.9 Å². The first-order valence-corrected chi connectivity index (χ1v) is 13.1. The third kappa shape index (κ3) is 5.38. The van der Waals surface area contributed by atoms with Crippen LogP contribution >= 0.6 is 0 Å². The number of aromatic hydroxyl groups is 1. The van der Waals surface area contributed by atoms with Gasteiger partial charge in [0.15, 0.2) is 11.5 Å². The van der Waals surface area contributed by atoms with Crippen molar-refractivity contribution in [1.29, 1.82) is 0 Å². The second-order valence-corrected chi connectivity index (χ2v) is 10.6. The van der Waals surface area contributed by atoms with Crippen molar-refractivity contribution < 1.29 is 23.8 Å². The van der Waals surface area contributed by atoms with E-state index in [1.807, 2.05) is 57.2 Å². The fourth-order valence-electron chi connectivity index (χ4n) is 4.61. The molecule has 1 N–H and O–H groups in total. The van der Waals surface area contributed by atoms with Gasteiger partial charge in [-0.15, -0.1) is 10.2 Å². The summed E-state index contributed by atoms with van der Waals surface area (Å²) in [5.41, 5.74) is 3.25. The largest absolute Gasteiger partial charge is 0.504 e. The lowest BCUT2D eigenvalue weighted by molar-refractivity contribution is 0.0138. The average Bonchev–Trinajstić information content (AvgIpc) is 3.44. The number of rotatable bonds is 6. The molecule has 3 aromatic rings. The predicted molar refractivity (Wildman–Crippen MR) is 146 cm³/mol. The van der Waals surface area contributed by atoms with E-state index in [4.69, 9.17) is 13.9 Å². The highest BCUT2D eigenvalue weighted by Gasteiger charge is 2.28. The highest BCUT2D eigenvalue weighted by molar-refractivity contribution is 5.95. The van der Waals surface area contributed by atoms with E-state index in [9.17, 15) is 9.90 Å². The van der Waals surface area contributed by atoms with E-state index in [0.717, 1.165) is 29.0 Å². The minimum absolute atomic E-state index is 0.0603. The zero-order valence-electron chi connectivity index (χ0n) is 22.4. The van der Waals surface area contributed by atoms with Crippen molar-refractivity contribution in [3.8, 4) is 11.5 Å². The van der Waals surface area contributed by atoms with Crippen molar-refractivity contribution >= 4 is 34.5 Å². The smallest absolute Gasteiger partial charge is 0.410 e. The van der Waals surface area contributed by atoms with Gasteiger partial charge in [-0.1, -0.05) is 25.1 Å². The maximum Gasteiger partial charge on any atom is 0.410 e. The van der Waals surface area contributed by atoms with Gasteiger partial charge in [-0.2, -0.15) is 0 Å². The van der Waals surface area contributed by atoms with Gasteiger partial charge in [-0.05, 0) is 45.4 Å². The molecule has 1 fully saturated rings. The lowest BCUT2D eigenvalue weighted by Gasteiger charge is -2.35. The molecule has 5 rings (SSSR count). The monoisotopic (exact) mass is 518 g/mol. The van der Waals surface area contributed by atoms with Crippen LogP contribution in [-0.2, 0) is 11.3 Å². The molecule has 200 valence electrons. The molecular weight excluding hydrogens is 484 g/mol. The average molecular weight is 519 g/mol. The maximum absolute atomic E-state index is 12.5. The Hall–Kier alpha value is -3.85. The van der Waals surface area contributed by atoms with E-state index in [1.165, 1.54) is 0 Å². The van der Waals surface area contributed by atoms with Gasteiger partial charge in [0, 0.05) is 44.4 Å². The van der Waals surface area contributed by atoms with Crippen LogP contribution in [0.2, 0.25) is 0 Å². The van der Waals surface area contributed by atoms with Crippen molar-refractivity contribution in [2.75, 3.05) is 32.8 Å². The Labute approximate surface area is 222 Å². The van der Waals surface area contributed by atoms with Crippen LogP contribution in [0.4, 0.5) is 10.5 Å². The van der Waals surface area contributed by atoms with E-state index >= 15 is 0 Å². The normalized spacial score (nSPS) is 16.8. The Morgan fingerprint density at radius 3 is 2.61 bits per heavy atom. The van der Waals surface area contributed by atoms with Crippen molar-refractivity contribution in [2.45, 2.75) is 46.3 Å². The van der Waals surface area contributed by atoms with Crippen LogP contribution in [0.1, 0.15) is 51.0 Å².